The van der Waals surface area contributed by atoms with Crippen LogP contribution in [0.2, 0.25) is 5.02 Å². The fourth-order valence-corrected chi connectivity index (χ4v) is 3.66. The van der Waals surface area contributed by atoms with Crippen molar-refractivity contribution >= 4 is 38.9 Å². The summed E-state index contributed by atoms with van der Waals surface area (Å²) in [5.41, 5.74) is 0.869. The molecule has 0 saturated carbocycles. The predicted octanol–water partition coefficient (Wildman–Crippen LogP) is 4.67. The number of amides is 1. The molecule has 3 nitrogen and oxygen atoms in total. The molecule has 0 saturated heterocycles. The minimum Gasteiger partial charge on any atom is -0.375 e. The van der Waals surface area contributed by atoms with Gasteiger partial charge < -0.3 is 10.1 Å². The van der Waals surface area contributed by atoms with Gasteiger partial charge in [-0.3, -0.25) is 4.79 Å². The van der Waals surface area contributed by atoms with Gasteiger partial charge >= 0.3 is 0 Å². The van der Waals surface area contributed by atoms with E-state index in [4.69, 9.17) is 16.3 Å². The molecule has 0 aliphatic carbocycles. The molecule has 3 rings (SSSR count). The number of carbonyl (C=O) groups excluding carboxylic acids is 1. The first-order chi connectivity index (χ1) is 11.2. The fourth-order valence-electron chi connectivity index (χ4n) is 2.42. The van der Waals surface area contributed by atoms with Gasteiger partial charge in [-0.2, -0.15) is 0 Å². The molecule has 2 aromatic carbocycles. The van der Waals surface area contributed by atoms with E-state index in [0.717, 1.165) is 15.6 Å². The molecule has 1 heterocycles. The van der Waals surface area contributed by atoms with Gasteiger partial charge in [0.05, 0.1) is 4.88 Å². The fraction of sp³-hybridized carbons (Fsp3) is 0.167. The minimum atomic E-state index is -0.276. The van der Waals surface area contributed by atoms with E-state index in [1.807, 2.05) is 54.6 Å². The third kappa shape index (κ3) is 3.55. The number of rotatable bonds is 5. The van der Waals surface area contributed by atoms with Crippen LogP contribution in [0.15, 0.2) is 54.6 Å². The Bertz CT molecular complexity index is 798. The van der Waals surface area contributed by atoms with E-state index in [9.17, 15) is 4.79 Å². The van der Waals surface area contributed by atoms with Crippen molar-refractivity contribution in [1.29, 1.82) is 0 Å². The first-order valence-electron chi connectivity index (χ1n) is 7.23. The number of thiophene rings is 1. The lowest BCUT2D eigenvalue weighted by atomic mass is 10.1. The lowest BCUT2D eigenvalue weighted by molar-refractivity contribution is 0.0831. The summed E-state index contributed by atoms with van der Waals surface area (Å²) in [4.78, 5) is 13.1. The molecule has 0 aliphatic heterocycles. The van der Waals surface area contributed by atoms with E-state index in [1.54, 1.807) is 7.11 Å². The Morgan fingerprint density at radius 3 is 2.70 bits per heavy atom. The predicted molar refractivity (Wildman–Crippen MR) is 95.4 cm³/mol. The van der Waals surface area contributed by atoms with Crippen LogP contribution >= 0.6 is 22.9 Å². The molecule has 1 amide bonds. The lowest BCUT2D eigenvalue weighted by Crippen LogP contribution is -2.28. The Kier molecular flexibility index (Phi) is 4.96. The van der Waals surface area contributed by atoms with Gasteiger partial charge in [0.2, 0.25) is 0 Å². The summed E-state index contributed by atoms with van der Waals surface area (Å²) in [7, 11) is 1.61. The van der Waals surface area contributed by atoms with Crippen LogP contribution in [0, 0.1) is 0 Å². The molecule has 1 aromatic heterocycles. The highest BCUT2D eigenvalue weighted by Gasteiger charge is 2.16. The van der Waals surface area contributed by atoms with Gasteiger partial charge in [0.1, 0.15) is 6.10 Å². The van der Waals surface area contributed by atoms with E-state index in [2.05, 4.69) is 5.32 Å². The van der Waals surface area contributed by atoms with Crippen molar-refractivity contribution in [2.24, 2.45) is 0 Å². The van der Waals surface area contributed by atoms with Gasteiger partial charge in [-0.25, -0.2) is 0 Å². The number of hydrogen-bond acceptors (Lipinski definition) is 3. The van der Waals surface area contributed by atoms with Crippen molar-refractivity contribution in [2.45, 2.75) is 6.10 Å². The summed E-state index contributed by atoms with van der Waals surface area (Å²) >= 11 is 7.68. The molecule has 0 fully saturated rings. The molecule has 5 heteroatoms. The second-order valence-electron chi connectivity index (χ2n) is 5.10. The molecule has 1 N–H and O–H groups in total. The maximum atomic E-state index is 12.4. The highest BCUT2D eigenvalue weighted by atomic mass is 35.5. The van der Waals surface area contributed by atoms with Crippen LogP contribution in [0.3, 0.4) is 0 Å². The number of halogens is 1. The van der Waals surface area contributed by atoms with Crippen molar-refractivity contribution in [1.82, 2.24) is 5.32 Å². The van der Waals surface area contributed by atoms with Gasteiger partial charge in [-0.15, -0.1) is 11.3 Å². The number of benzene rings is 2. The number of nitrogens with one attached hydrogen (secondary N) is 1. The average Bonchev–Trinajstić information content (AvgIpc) is 3.01. The Morgan fingerprint density at radius 1 is 1.22 bits per heavy atom. The molecule has 23 heavy (non-hydrogen) atoms. The summed E-state index contributed by atoms with van der Waals surface area (Å²) in [6.45, 7) is 0.368. The Morgan fingerprint density at radius 2 is 1.96 bits per heavy atom. The summed E-state index contributed by atoms with van der Waals surface area (Å²) < 4.78 is 6.57. The Hall–Kier alpha value is -1.88. The topological polar surface area (TPSA) is 38.3 Å². The van der Waals surface area contributed by atoms with Crippen LogP contribution in [0.4, 0.5) is 0 Å². The Labute approximate surface area is 143 Å². The van der Waals surface area contributed by atoms with E-state index >= 15 is 0 Å². The standard InChI is InChI=1S/C18H16ClNO2S/c1-22-15(13-7-3-4-8-14(13)19)11-20-18(21)17-10-12-6-2-5-9-16(12)23-17/h2-10,15H,11H2,1H3,(H,20,21)/t15-/m0/s1. The molecular weight excluding hydrogens is 330 g/mol. The van der Waals surface area contributed by atoms with E-state index in [1.165, 1.54) is 11.3 Å². The van der Waals surface area contributed by atoms with Crippen molar-refractivity contribution in [3.05, 3.63) is 70.1 Å². The van der Waals surface area contributed by atoms with Gasteiger partial charge in [0.25, 0.3) is 5.91 Å². The maximum absolute atomic E-state index is 12.4. The van der Waals surface area contributed by atoms with Crippen LogP contribution in [0.1, 0.15) is 21.3 Å². The Balaban J connectivity index is 1.71. The highest BCUT2D eigenvalue weighted by Crippen LogP contribution is 2.26. The summed E-state index contributed by atoms with van der Waals surface area (Å²) in [5, 5.41) is 4.64. The molecule has 0 unspecified atom stereocenters. The normalized spacial score (nSPS) is 12.3. The molecule has 0 radical (unpaired) electrons. The first-order valence-corrected chi connectivity index (χ1v) is 8.42. The molecule has 3 aromatic rings. The zero-order chi connectivity index (χ0) is 16.2. The molecule has 0 aliphatic rings. The summed E-state index contributed by atoms with van der Waals surface area (Å²) in [6, 6.07) is 17.4. The number of hydrogen-bond donors (Lipinski definition) is 1. The molecular formula is C18H16ClNO2S. The SMILES string of the molecule is CO[C@@H](CNC(=O)c1cc2ccccc2s1)c1ccccc1Cl. The molecule has 0 spiro atoms. The van der Waals surface area contributed by atoms with E-state index in [-0.39, 0.29) is 12.0 Å². The lowest BCUT2D eigenvalue weighted by Gasteiger charge is -2.17. The summed E-state index contributed by atoms with van der Waals surface area (Å²) in [6.07, 6.45) is -0.276. The van der Waals surface area contributed by atoms with Gasteiger partial charge in [-0.05, 0) is 23.6 Å². The zero-order valence-corrected chi connectivity index (χ0v) is 14.2. The van der Waals surface area contributed by atoms with Crippen molar-refractivity contribution in [3.63, 3.8) is 0 Å². The molecule has 118 valence electrons. The van der Waals surface area contributed by atoms with Gasteiger partial charge in [0.15, 0.2) is 0 Å². The number of fused-ring (bicyclic) bond motifs is 1. The number of ether oxygens (including phenoxy) is 1. The van der Waals surface area contributed by atoms with Crippen molar-refractivity contribution in [2.75, 3.05) is 13.7 Å². The molecule has 0 bridgehead atoms. The average molecular weight is 346 g/mol. The van der Waals surface area contributed by atoms with Gasteiger partial charge in [0, 0.05) is 28.9 Å². The summed E-state index contributed by atoms with van der Waals surface area (Å²) in [5.74, 6) is -0.0969. The minimum absolute atomic E-state index is 0.0969. The first kappa shape index (κ1) is 16.0. The second-order valence-corrected chi connectivity index (χ2v) is 6.60. The van der Waals surface area contributed by atoms with E-state index < -0.39 is 0 Å². The van der Waals surface area contributed by atoms with Crippen LogP contribution in [0.5, 0.6) is 0 Å². The van der Waals surface area contributed by atoms with Gasteiger partial charge in [-0.1, -0.05) is 48.0 Å². The maximum Gasteiger partial charge on any atom is 0.261 e. The van der Waals surface area contributed by atoms with Crippen LogP contribution in [0.25, 0.3) is 10.1 Å². The van der Waals surface area contributed by atoms with Crippen molar-refractivity contribution < 1.29 is 9.53 Å². The molecule has 1 atom stereocenters. The number of methoxy groups -OCH3 is 1. The third-order valence-corrected chi connectivity index (χ3v) is 5.09. The van der Waals surface area contributed by atoms with Crippen molar-refractivity contribution in [3.8, 4) is 0 Å². The third-order valence-electron chi connectivity index (χ3n) is 3.63. The zero-order valence-electron chi connectivity index (χ0n) is 12.6. The van der Waals surface area contributed by atoms with Crippen LogP contribution in [-0.2, 0) is 4.74 Å². The smallest absolute Gasteiger partial charge is 0.261 e. The quantitative estimate of drug-likeness (QED) is 0.729. The highest BCUT2D eigenvalue weighted by molar-refractivity contribution is 7.20. The number of carbonyl (C=O) groups is 1. The van der Waals surface area contributed by atoms with Crippen LogP contribution in [-0.4, -0.2) is 19.6 Å². The van der Waals surface area contributed by atoms with E-state index in [0.29, 0.717) is 16.4 Å². The van der Waals surface area contributed by atoms with Crippen LogP contribution < -0.4 is 5.32 Å². The second kappa shape index (κ2) is 7.13. The largest absolute Gasteiger partial charge is 0.375 e. The monoisotopic (exact) mass is 345 g/mol.